The Hall–Kier alpha value is -2.34. The van der Waals surface area contributed by atoms with E-state index in [0.29, 0.717) is 36.3 Å². The third-order valence-corrected chi connectivity index (χ3v) is 4.16. The topological polar surface area (TPSA) is 81.3 Å². The van der Waals surface area contributed by atoms with Gasteiger partial charge in [0, 0.05) is 22.8 Å². The van der Waals surface area contributed by atoms with E-state index >= 15 is 0 Å². The molecule has 1 amide bonds. The third kappa shape index (κ3) is 4.20. The minimum atomic E-state index is -0.185. The van der Waals surface area contributed by atoms with Crippen molar-refractivity contribution in [2.24, 2.45) is 5.92 Å². The van der Waals surface area contributed by atoms with Gasteiger partial charge < -0.3 is 15.4 Å². The first-order valence-corrected chi connectivity index (χ1v) is 8.64. The average Bonchev–Trinajstić information content (AvgIpc) is 2.74. The summed E-state index contributed by atoms with van der Waals surface area (Å²) in [6.07, 6.45) is 0.745. The number of nitrogens with two attached hydrogens (primary N) is 1. The Morgan fingerprint density at radius 2 is 2.16 bits per heavy atom. The van der Waals surface area contributed by atoms with Gasteiger partial charge in [0.05, 0.1) is 6.54 Å². The van der Waals surface area contributed by atoms with Crippen LogP contribution in [0.25, 0.3) is 0 Å². The summed E-state index contributed by atoms with van der Waals surface area (Å²) in [6, 6.07) is 7.15. The molecule has 0 unspecified atom stereocenters. The summed E-state index contributed by atoms with van der Waals surface area (Å²) >= 11 is 6.07. The molecule has 0 spiro atoms. The zero-order valence-electron chi connectivity index (χ0n) is 14.3. The molecule has 2 N–H and O–H groups in total. The predicted molar refractivity (Wildman–Crippen MR) is 96.7 cm³/mol. The van der Waals surface area contributed by atoms with Gasteiger partial charge in [-0.15, -0.1) is 0 Å². The van der Waals surface area contributed by atoms with E-state index in [1.54, 1.807) is 17.0 Å². The summed E-state index contributed by atoms with van der Waals surface area (Å²) < 4.78 is 5.71. The maximum atomic E-state index is 12.9. The highest BCUT2D eigenvalue weighted by Gasteiger charge is 2.23. The van der Waals surface area contributed by atoms with Crippen molar-refractivity contribution in [2.75, 3.05) is 18.9 Å². The van der Waals surface area contributed by atoms with Gasteiger partial charge in [0.1, 0.15) is 18.1 Å². The second kappa shape index (κ2) is 7.27. The SMILES string of the molecule is CC(C)Cc1cc(C(=O)N2CCOc3ccc(Cl)cc3C2)nc(N)n1. The van der Waals surface area contributed by atoms with Gasteiger partial charge in [0.2, 0.25) is 5.95 Å². The van der Waals surface area contributed by atoms with Crippen molar-refractivity contribution in [3.63, 3.8) is 0 Å². The molecule has 132 valence electrons. The molecule has 1 aliphatic heterocycles. The number of nitrogens with zero attached hydrogens (tertiary/aromatic N) is 3. The summed E-state index contributed by atoms with van der Waals surface area (Å²) in [4.78, 5) is 23.0. The van der Waals surface area contributed by atoms with E-state index in [2.05, 4.69) is 23.8 Å². The molecule has 1 aromatic heterocycles. The molecule has 6 nitrogen and oxygen atoms in total. The van der Waals surface area contributed by atoms with E-state index in [-0.39, 0.29) is 11.9 Å². The lowest BCUT2D eigenvalue weighted by Crippen LogP contribution is -2.33. The Bertz CT molecular complexity index is 795. The van der Waals surface area contributed by atoms with Crippen molar-refractivity contribution >= 4 is 23.5 Å². The number of anilines is 1. The molecule has 0 atom stereocenters. The number of nitrogen functional groups attached to an aromatic ring is 1. The van der Waals surface area contributed by atoms with Gasteiger partial charge in [-0.25, -0.2) is 9.97 Å². The minimum Gasteiger partial charge on any atom is -0.491 e. The molecule has 2 heterocycles. The Labute approximate surface area is 152 Å². The highest BCUT2D eigenvalue weighted by atomic mass is 35.5. The number of benzene rings is 1. The van der Waals surface area contributed by atoms with Gasteiger partial charge in [-0.2, -0.15) is 0 Å². The van der Waals surface area contributed by atoms with E-state index in [9.17, 15) is 4.79 Å². The number of carbonyl (C=O) groups excluding carboxylic acids is 1. The fourth-order valence-electron chi connectivity index (χ4n) is 2.85. The van der Waals surface area contributed by atoms with Crippen LogP contribution in [-0.4, -0.2) is 33.9 Å². The standard InChI is InChI=1S/C18H21ClN4O2/c1-11(2)7-14-9-15(22-18(20)21-14)17(24)23-5-6-25-16-4-3-13(19)8-12(16)10-23/h3-4,8-9,11H,5-7,10H2,1-2H3,(H2,20,21,22). The first-order chi connectivity index (χ1) is 11.9. The molecule has 0 saturated heterocycles. The van der Waals surface area contributed by atoms with Gasteiger partial charge in [-0.1, -0.05) is 25.4 Å². The molecule has 0 fully saturated rings. The van der Waals surface area contributed by atoms with Crippen molar-refractivity contribution < 1.29 is 9.53 Å². The van der Waals surface area contributed by atoms with Crippen molar-refractivity contribution in [1.82, 2.24) is 14.9 Å². The Balaban J connectivity index is 1.86. The highest BCUT2D eigenvalue weighted by molar-refractivity contribution is 6.30. The number of halogens is 1. The fourth-order valence-corrected chi connectivity index (χ4v) is 3.04. The molecule has 2 aromatic rings. The second-order valence-electron chi connectivity index (χ2n) is 6.53. The molecule has 1 aromatic carbocycles. The van der Waals surface area contributed by atoms with Crippen LogP contribution in [-0.2, 0) is 13.0 Å². The lowest BCUT2D eigenvalue weighted by molar-refractivity contribution is 0.0727. The van der Waals surface area contributed by atoms with Crippen LogP contribution in [0.15, 0.2) is 24.3 Å². The number of hydrogen-bond donors (Lipinski definition) is 1. The van der Waals surface area contributed by atoms with Crippen LogP contribution in [0.3, 0.4) is 0 Å². The van der Waals surface area contributed by atoms with Crippen molar-refractivity contribution in [3.05, 3.63) is 46.2 Å². The van der Waals surface area contributed by atoms with Gasteiger partial charge in [0.15, 0.2) is 0 Å². The van der Waals surface area contributed by atoms with Crippen molar-refractivity contribution in [3.8, 4) is 5.75 Å². The van der Waals surface area contributed by atoms with Crippen molar-refractivity contribution in [2.45, 2.75) is 26.8 Å². The Kier molecular flexibility index (Phi) is 5.08. The number of hydrogen-bond acceptors (Lipinski definition) is 5. The minimum absolute atomic E-state index is 0.121. The Morgan fingerprint density at radius 1 is 1.36 bits per heavy atom. The van der Waals surface area contributed by atoms with Crippen LogP contribution in [0.5, 0.6) is 5.75 Å². The summed E-state index contributed by atoms with van der Waals surface area (Å²) in [5.74, 6) is 1.10. The van der Waals surface area contributed by atoms with Crippen LogP contribution < -0.4 is 10.5 Å². The molecule has 0 aliphatic carbocycles. The predicted octanol–water partition coefficient (Wildman–Crippen LogP) is 2.95. The Morgan fingerprint density at radius 3 is 2.92 bits per heavy atom. The van der Waals surface area contributed by atoms with Crippen LogP contribution in [0.1, 0.15) is 35.6 Å². The molecule has 1 aliphatic rings. The zero-order chi connectivity index (χ0) is 18.0. The fraction of sp³-hybridized carbons (Fsp3) is 0.389. The molecular weight excluding hydrogens is 340 g/mol. The van der Waals surface area contributed by atoms with Gasteiger partial charge in [0.25, 0.3) is 5.91 Å². The van der Waals surface area contributed by atoms with E-state index in [1.165, 1.54) is 0 Å². The number of aromatic nitrogens is 2. The first kappa shape index (κ1) is 17.5. The highest BCUT2D eigenvalue weighted by Crippen LogP contribution is 2.27. The normalized spacial score (nSPS) is 14.0. The van der Waals surface area contributed by atoms with Crippen LogP contribution >= 0.6 is 11.6 Å². The average molecular weight is 361 g/mol. The largest absolute Gasteiger partial charge is 0.491 e. The lowest BCUT2D eigenvalue weighted by Gasteiger charge is -2.20. The number of amides is 1. The van der Waals surface area contributed by atoms with Crippen LogP contribution in [0.4, 0.5) is 5.95 Å². The van der Waals surface area contributed by atoms with Gasteiger partial charge in [-0.05, 0) is 36.6 Å². The molecule has 7 heteroatoms. The third-order valence-electron chi connectivity index (χ3n) is 3.92. The van der Waals surface area contributed by atoms with E-state index < -0.39 is 0 Å². The number of ether oxygens (including phenoxy) is 1. The molecule has 0 bridgehead atoms. The van der Waals surface area contributed by atoms with Crippen LogP contribution in [0.2, 0.25) is 5.02 Å². The van der Waals surface area contributed by atoms with E-state index in [4.69, 9.17) is 22.1 Å². The first-order valence-electron chi connectivity index (χ1n) is 8.26. The molecule has 25 heavy (non-hydrogen) atoms. The van der Waals surface area contributed by atoms with E-state index in [1.807, 2.05) is 12.1 Å². The molecule has 0 radical (unpaired) electrons. The smallest absolute Gasteiger partial charge is 0.273 e. The molecule has 3 rings (SSSR count). The summed E-state index contributed by atoms with van der Waals surface area (Å²) in [5, 5.41) is 0.613. The quantitative estimate of drug-likeness (QED) is 0.910. The van der Waals surface area contributed by atoms with Crippen LogP contribution in [0, 0.1) is 5.92 Å². The summed E-state index contributed by atoms with van der Waals surface area (Å²) in [5.41, 5.74) is 7.76. The summed E-state index contributed by atoms with van der Waals surface area (Å²) in [7, 11) is 0. The number of carbonyl (C=O) groups is 1. The zero-order valence-corrected chi connectivity index (χ0v) is 15.1. The van der Waals surface area contributed by atoms with Crippen molar-refractivity contribution in [1.29, 1.82) is 0 Å². The van der Waals surface area contributed by atoms with Gasteiger partial charge >= 0.3 is 0 Å². The summed E-state index contributed by atoms with van der Waals surface area (Å²) in [6.45, 7) is 5.48. The van der Waals surface area contributed by atoms with Gasteiger partial charge in [-0.3, -0.25) is 4.79 Å². The maximum Gasteiger partial charge on any atom is 0.273 e. The molecule has 0 saturated carbocycles. The monoisotopic (exact) mass is 360 g/mol. The number of rotatable bonds is 3. The second-order valence-corrected chi connectivity index (χ2v) is 6.96. The maximum absolute atomic E-state index is 12.9. The van der Waals surface area contributed by atoms with E-state index in [0.717, 1.165) is 23.4 Å². The lowest BCUT2D eigenvalue weighted by atomic mass is 10.1. The number of fused-ring (bicyclic) bond motifs is 1. The molecular formula is C18H21ClN4O2.